The number of benzene rings is 4. The molecule has 48 heavy (non-hydrogen) atoms. The van der Waals surface area contributed by atoms with Gasteiger partial charge in [0.05, 0.1) is 22.7 Å². The van der Waals surface area contributed by atoms with Gasteiger partial charge in [-0.25, -0.2) is 0 Å². The van der Waals surface area contributed by atoms with Gasteiger partial charge in [-0.2, -0.15) is 27.1 Å². The Bertz CT molecular complexity index is 2380. The molecule has 0 fully saturated rings. The number of phenols is 2. The smallest absolute Gasteiger partial charge is 0.295 e. The monoisotopic (exact) mass is 682 g/mol. The maximum Gasteiger partial charge on any atom is 0.295 e. The van der Waals surface area contributed by atoms with Crippen LogP contribution in [0.15, 0.2) is 128 Å². The summed E-state index contributed by atoms with van der Waals surface area (Å²) in [5, 5.41) is 37.6. The van der Waals surface area contributed by atoms with E-state index in [0.29, 0.717) is 33.2 Å². The Balaban J connectivity index is 1.32. The van der Waals surface area contributed by atoms with Gasteiger partial charge in [-0.1, -0.05) is 24.3 Å². The van der Waals surface area contributed by atoms with E-state index in [1.54, 1.807) is 24.3 Å². The van der Waals surface area contributed by atoms with Gasteiger partial charge in [0.15, 0.2) is 0 Å². The molecular formula is C32H22N6O8S2. The molecule has 0 bridgehead atoms. The highest BCUT2D eigenvalue weighted by Gasteiger charge is 2.18. The Morgan fingerprint density at radius 2 is 0.958 bits per heavy atom. The maximum absolute atomic E-state index is 12.3. The summed E-state index contributed by atoms with van der Waals surface area (Å²) >= 11 is 0. The van der Waals surface area contributed by atoms with Crippen molar-refractivity contribution < 1.29 is 36.2 Å². The number of fused-ring (bicyclic) bond motifs is 2. The Hall–Kier alpha value is -5.94. The average molecular weight is 683 g/mol. The molecule has 14 nitrogen and oxygen atoms in total. The van der Waals surface area contributed by atoms with E-state index in [-0.39, 0.29) is 34.0 Å². The lowest BCUT2D eigenvalue weighted by atomic mass is 10.1. The number of aromatic hydroxyl groups is 2. The van der Waals surface area contributed by atoms with Crippen molar-refractivity contribution in [1.29, 1.82) is 0 Å². The van der Waals surface area contributed by atoms with Crippen molar-refractivity contribution in [2.45, 2.75) is 9.79 Å². The number of phenolic OH excluding ortho intramolecular Hbond substituents is 2. The molecule has 2 heterocycles. The zero-order chi connectivity index (χ0) is 34.1. The van der Waals surface area contributed by atoms with Gasteiger partial charge >= 0.3 is 0 Å². The van der Waals surface area contributed by atoms with Gasteiger partial charge in [0.2, 0.25) is 0 Å². The van der Waals surface area contributed by atoms with Gasteiger partial charge in [0.25, 0.3) is 20.2 Å². The molecule has 0 saturated carbocycles. The van der Waals surface area contributed by atoms with Crippen LogP contribution < -0.4 is 0 Å². The molecule has 4 aromatic carbocycles. The first kappa shape index (κ1) is 32.0. The first-order valence-corrected chi connectivity index (χ1v) is 16.6. The van der Waals surface area contributed by atoms with Crippen molar-refractivity contribution in [2.75, 3.05) is 0 Å². The molecule has 6 aromatic rings. The third-order valence-electron chi connectivity index (χ3n) is 6.99. The van der Waals surface area contributed by atoms with E-state index in [4.69, 9.17) is 0 Å². The standard InChI is InChI=1S/C32H22N6O8S2/c39-27-13-11-25(23-3-1-15-33-31(23)27)37-35-21-9-7-19(29(17-21)47(41,42)43)5-6-20-8-10-22(18-30(20)48(44,45)46)36-38-26-12-14-28(40)32-24(26)4-2-16-34-32/h1-18,39-40H,(H,41,42,43)(H,44,45,46)/b6-5+,37-35?,38-36?. The number of azo groups is 2. The Kier molecular flexibility index (Phi) is 8.46. The minimum atomic E-state index is -4.79. The normalized spacial score (nSPS) is 12.6. The molecule has 0 spiro atoms. The second-order valence-electron chi connectivity index (χ2n) is 10.1. The molecule has 0 saturated heterocycles. The summed E-state index contributed by atoms with van der Waals surface area (Å²) in [6, 6.07) is 20.1. The zero-order valence-corrected chi connectivity index (χ0v) is 25.9. The predicted molar refractivity (Wildman–Crippen MR) is 177 cm³/mol. The number of rotatable bonds is 8. The molecule has 2 aromatic heterocycles. The summed E-state index contributed by atoms with van der Waals surface area (Å²) in [5.74, 6) is -0.0998. The first-order chi connectivity index (χ1) is 22.9. The Labute approximate surface area is 272 Å². The molecule has 0 atom stereocenters. The van der Waals surface area contributed by atoms with Gasteiger partial charge in [-0.05, 0) is 83.9 Å². The van der Waals surface area contributed by atoms with Crippen molar-refractivity contribution in [3.05, 3.63) is 108 Å². The van der Waals surface area contributed by atoms with Gasteiger partial charge in [0, 0.05) is 23.2 Å². The largest absolute Gasteiger partial charge is 0.506 e. The summed E-state index contributed by atoms with van der Waals surface area (Å²) in [5.41, 5.74) is 1.40. The van der Waals surface area contributed by atoms with Crippen LogP contribution in [0.2, 0.25) is 0 Å². The van der Waals surface area contributed by atoms with Crippen LogP contribution in [-0.2, 0) is 20.2 Å². The molecule has 0 aliphatic carbocycles. The van der Waals surface area contributed by atoms with Crippen LogP contribution in [0.5, 0.6) is 11.5 Å². The zero-order valence-electron chi connectivity index (χ0n) is 24.3. The molecule has 0 aliphatic rings. The predicted octanol–water partition coefficient (Wildman–Crippen LogP) is 7.69. The van der Waals surface area contributed by atoms with Gasteiger partial charge < -0.3 is 10.2 Å². The van der Waals surface area contributed by atoms with Gasteiger partial charge in [-0.3, -0.25) is 19.1 Å². The highest BCUT2D eigenvalue weighted by atomic mass is 32.2. The lowest BCUT2D eigenvalue weighted by molar-refractivity contribution is 0.480. The molecule has 0 unspecified atom stereocenters. The number of hydrogen-bond acceptors (Lipinski definition) is 12. The van der Waals surface area contributed by atoms with Crippen molar-refractivity contribution in [3.63, 3.8) is 0 Å². The third-order valence-corrected chi connectivity index (χ3v) is 8.81. The van der Waals surface area contributed by atoms with Crippen LogP contribution in [0.1, 0.15) is 11.1 Å². The quantitative estimate of drug-likeness (QED) is 0.0695. The molecule has 6 rings (SSSR count). The van der Waals surface area contributed by atoms with Crippen molar-refractivity contribution in [3.8, 4) is 11.5 Å². The van der Waals surface area contributed by atoms with Crippen molar-refractivity contribution in [1.82, 2.24) is 9.97 Å². The fourth-order valence-corrected chi connectivity index (χ4v) is 6.16. The second kappa shape index (κ2) is 12.7. The number of hydrogen-bond donors (Lipinski definition) is 4. The van der Waals surface area contributed by atoms with E-state index in [2.05, 4.69) is 30.4 Å². The van der Waals surface area contributed by atoms with Crippen LogP contribution in [-0.4, -0.2) is 46.1 Å². The Morgan fingerprint density at radius 1 is 0.542 bits per heavy atom. The summed E-state index contributed by atoms with van der Waals surface area (Å²) in [6.45, 7) is 0. The second-order valence-corrected chi connectivity index (χ2v) is 12.9. The summed E-state index contributed by atoms with van der Waals surface area (Å²) in [4.78, 5) is 7.15. The fourth-order valence-electron chi connectivity index (χ4n) is 4.76. The molecule has 16 heteroatoms. The number of pyridine rings is 2. The van der Waals surface area contributed by atoms with Crippen molar-refractivity contribution >= 4 is 76.9 Å². The summed E-state index contributed by atoms with van der Waals surface area (Å²) in [7, 11) is -9.58. The summed E-state index contributed by atoms with van der Waals surface area (Å²) in [6.07, 6.45) is 5.49. The summed E-state index contributed by atoms with van der Waals surface area (Å²) < 4.78 is 69.1. The van der Waals surface area contributed by atoms with E-state index >= 15 is 0 Å². The number of aromatic nitrogens is 2. The SMILES string of the molecule is O=S(=O)(O)c1cc(N=Nc2ccc(O)c3ncccc23)ccc1/C=C/c1ccc(N=Nc2ccc(O)c3ncccc23)cc1S(=O)(=O)O. The topological polar surface area (TPSA) is 224 Å². The average Bonchev–Trinajstić information content (AvgIpc) is 3.06. The van der Waals surface area contributed by atoms with E-state index in [9.17, 15) is 36.2 Å². The van der Waals surface area contributed by atoms with Crippen LogP contribution >= 0.6 is 0 Å². The lowest BCUT2D eigenvalue weighted by Gasteiger charge is -2.07. The molecule has 0 aliphatic heterocycles. The van der Waals surface area contributed by atoms with Crippen LogP contribution in [0.4, 0.5) is 22.7 Å². The van der Waals surface area contributed by atoms with Crippen molar-refractivity contribution in [2.24, 2.45) is 20.5 Å². The van der Waals surface area contributed by atoms with E-state index in [1.807, 2.05) is 0 Å². The van der Waals surface area contributed by atoms with Crippen LogP contribution in [0.25, 0.3) is 34.0 Å². The maximum atomic E-state index is 12.3. The van der Waals surface area contributed by atoms with E-state index in [0.717, 1.165) is 12.1 Å². The fraction of sp³-hybridized carbons (Fsp3) is 0. The highest BCUT2D eigenvalue weighted by molar-refractivity contribution is 7.86. The van der Waals surface area contributed by atoms with E-state index in [1.165, 1.54) is 73.1 Å². The van der Waals surface area contributed by atoms with Crippen LogP contribution in [0.3, 0.4) is 0 Å². The lowest BCUT2D eigenvalue weighted by Crippen LogP contribution is -2.01. The van der Waals surface area contributed by atoms with Crippen LogP contribution in [0, 0.1) is 0 Å². The molecular weight excluding hydrogens is 661 g/mol. The highest BCUT2D eigenvalue weighted by Crippen LogP contribution is 2.34. The minimum absolute atomic E-state index is 0.0198. The molecule has 0 amide bonds. The third kappa shape index (κ3) is 6.76. The number of nitrogens with zero attached hydrogens (tertiary/aromatic N) is 6. The van der Waals surface area contributed by atoms with E-state index < -0.39 is 30.0 Å². The minimum Gasteiger partial charge on any atom is -0.506 e. The molecule has 240 valence electrons. The molecule has 4 N–H and O–H groups in total. The van der Waals surface area contributed by atoms with Gasteiger partial charge in [0.1, 0.15) is 32.3 Å². The van der Waals surface area contributed by atoms with Gasteiger partial charge in [-0.15, -0.1) is 10.2 Å². The Morgan fingerprint density at radius 3 is 1.35 bits per heavy atom. The first-order valence-electron chi connectivity index (χ1n) is 13.8. The molecule has 0 radical (unpaired) electrons.